The van der Waals surface area contributed by atoms with Gasteiger partial charge in [0.2, 0.25) is 0 Å². The van der Waals surface area contributed by atoms with Crippen LogP contribution in [0.1, 0.15) is 110 Å². The van der Waals surface area contributed by atoms with Gasteiger partial charge in [-0.2, -0.15) is 0 Å². The zero-order chi connectivity index (χ0) is 16.8. The Morgan fingerprint density at radius 1 is 0.783 bits per heavy atom. The lowest BCUT2D eigenvalue weighted by Crippen LogP contribution is -2.25. The van der Waals surface area contributed by atoms with Crippen molar-refractivity contribution in [1.82, 2.24) is 0 Å². The molecule has 0 aromatic rings. The lowest BCUT2D eigenvalue weighted by atomic mass is 9.69. The quantitative estimate of drug-likeness (QED) is 0.248. The average molecular weight is 325 g/mol. The van der Waals surface area contributed by atoms with E-state index in [0.717, 1.165) is 18.3 Å². The van der Waals surface area contributed by atoms with Crippen molar-refractivity contribution in [3.63, 3.8) is 0 Å². The first-order valence-corrected chi connectivity index (χ1v) is 10.3. The van der Waals surface area contributed by atoms with Crippen LogP contribution in [0.25, 0.3) is 0 Å². The highest BCUT2D eigenvalue weighted by molar-refractivity contribution is 5.68. The molecule has 0 N–H and O–H groups in total. The molecule has 23 heavy (non-hydrogen) atoms. The molecule has 0 aromatic carbocycles. The maximum Gasteiger partial charge on any atom is 0.305 e. The summed E-state index contributed by atoms with van der Waals surface area (Å²) in [4.78, 5) is 11.0. The van der Waals surface area contributed by atoms with E-state index in [1.54, 1.807) is 0 Å². The van der Waals surface area contributed by atoms with Gasteiger partial charge in [0.25, 0.3) is 0 Å². The molecule has 2 atom stereocenters. The van der Waals surface area contributed by atoms with Gasteiger partial charge in [0, 0.05) is 6.42 Å². The normalized spacial score (nSPS) is 20.3. The number of methoxy groups -OCH3 is 1. The number of hydrogen-bond acceptors (Lipinski definition) is 2. The van der Waals surface area contributed by atoms with Crippen LogP contribution in [0.4, 0.5) is 0 Å². The highest BCUT2D eigenvalue weighted by Gasteiger charge is 2.29. The molecule has 0 spiro atoms. The largest absolute Gasteiger partial charge is 0.469 e. The van der Waals surface area contributed by atoms with Crippen molar-refractivity contribution in [2.45, 2.75) is 110 Å². The molecule has 2 nitrogen and oxygen atoms in total. The molecule has 0 radical (unpaired) electrons. The van der Waals surface area contributed by atoms with Crippen molar-refractivity contribution in [3.05, 3.63) is 0 Å². The van der Waals surface area contributed by atoms with E-state index in [4.69, 9.17) is 0 Å². The van der Waals surface area contributed by atoms with Crippen molar-refractivity contribution in [1.29, 1.82) is 0 Å². The SMILES string of the molecule is CCCCCCCCC1CCC1CCCCCCCC(=O)OC. The van der Waals surface area contributed by atoms with E-state index in [-0.39, 0.29) is 5.97 Å². The summed E-state index contributed by atoms with van der Waals surface area (Å²) in [7, 11) is 1.47. The van der Waals surface area contributed by atoms with Gasteiger partial charge in [-0.05, 0) is 31.1 Å². The van der Waals surface area contributed by atoms with E-state index < -0.39 is 0 Å². The Kier molecular flexibility index (Phi) is 12.4. The van der Waals surface area contributed by atoms with Crippen LogP contribution < -0.4 is 0 Å². The van der Waals surface area contributed by atoms with Gasteiger partial charge < -0.3 is 4.74 Å². The third-order valence-electron chi connectivity index (χ3n) is 5.69. The minimum atomic E-state index is -0.0583. The minimum Gasteiger partial charge on any atom is -0.469 e. The number of unbranched alkanes of at least 4 members (excludes halogenated alkanes) is 9. The molecular weight excluding hydrogens is 284 g/mol. The standard InChI is InChI=1S/C21H40O2/c1-3-4-5-6-8-11-14-19-17-18-20(19)15-12-9-7-10-13-16-21(22)23-2/h19-20H,3-18H2,1-2H3. The molecule has 1 aliphatic carbocycles. The van der Waals surface area contributed by atoms with E-state index in [1.807, 2.05) is 0 Å². The van der Waals surface area contributed by atoms with Crippen LogP contribution in [0, 0.1) is 11.8 Å². The Morgan fingerprint density at radius 2 is 1.26 bits per heavy atom. The summed E-state index contributed by atoms with van der Waals surface area (Å²) in [5, 5.41) is 0. The van der Waals surface area contributed by atoms with Crippen LogP contribution in [-0.2, 0) is 9.53 Å². The second kappa shape index (κ2) is 13.9. The molecule has 1 saturated carbocycles. The van der Waals surface area contributed by atoms with E-state index >= 15 is 0 Å². The molecule has 136 valence electrons. The molecule has 0 amide bonds. The molecule has 0 bridgehead atoms. The second-order valence-electron chi connectivity index (χ2n) is 7.54. The number of esters is 1. The molecule has 1 aliphatic rings. The summed E-state index contributed by atoms with van der Waals surface area (Å²) in [6.45, 7) is 2.29. The first kappa shape index (κ1) is 20.5. The van der Waals surface area contributed by atoms with Crippen LogP contribution in [0.15, 0.2) is 0 Å². The summed E-state index contributed by atoms with van der Waals surface area (Å²) >= 11 is 0. The molecular formula is C21H40O2. The monoisotopic (exact) mass is 324 g/mol. The van der Waals surface area contributed by atoms with Crippen molar-refractivity contribution < 1.29 is 9.53 Å². The van der Waals surface area contributed by atoms with Gasteiger partial charge in [-0.1, -0.05) is 84.0 Å². The Morgan fingerprint density at radius 3 is 1.74 bits per heavy atom. The molecule has 1 fully saturated rings. The highest BCUT2D eigenvalue weighted by Crippen LogP contribution is 2.41. The molecule has 0 aromatic heterocycles. The van der Waals surface area contributed by atoms with E-state index in [1.165, 1.54) is 97.0 Å². The van der Waals surface area contributed by atoms with Gasteiger partial charge in [-0.3, -0.25) is 4.79 Å². The van der Waals surface area contributed by atoms with Crippen molar-refractivity contribution in [3.8, 4) is 0 Å². The predicted molar refractivity (Wildman–Crippen MR) is 98.5 cm³/mol. The number of ether oxygens (including phenoxy) is 1. The fourth-order valence-corrected chi connectivity index (χ4v) is 3.89. The van der Waals surface area contributed by atoms with Crippen LogP contribution >= 0.6 is 0 Å². The molecule has 0 heterocycles. The summed E-state index contributed by atoms with van der Waals surface area (Å²) in [6.07, 6.45) is 21.4. The second-order valence-corrected chi connectivity index (χ2v) is 7.54. The lowest BCUT2D eigenvalue weighted by molar-refractivity contribution is -0.140. The van der Waals surface area contributed by atoms with Gasteiger partial charge >= 0.3 is 5.97 Å². The molecule has 0 aliphatic heterocycles. The minimum absolute atomic E-state index is 0.0583. The Bertz CT molecular complexity index is 288. The number of carbonyl (C=O) groups is 1. The van der Waals surface area contributed by atoms with Crippen LogP contribution in [0.3, 0.4) is 0 Å². The van der Waals surface area contributed by atoms with E-state index in [0.29, 0.717) is 6.42 Å². The molecule has 1 rings (SSSR count). The Hall–Kier alpha value is -0.530. The van der Waals surface area contributed by atoms with Gasteiger partial charge in [0.05, 0.1) is 7.11 Å². The first-order valence-electron chi connectivity index (χ1n) is 10.3. The lowest BCUT2D eigenvalue weighted by Gasteiger charge is -2.37. The fraction of sp³-hybridized carbons (Fsp3) is 0.952. The van der Waals surface area contributed by atoms with Gasteiger partial charge in [0.15, 0.2) is 0 Å². The van der Waals surface area contributed by atoms with E-state index in [9.17, 15) is 4.79 Å². The van der Waals surface area contributed by atoms with Crippen molar-refractivity contribution in [2.24, 2.45) is 11.8 Å². The predicted octanol–water partition coefficient (Wildman–Crippen LogP) is 6.67. The molecule has 2 unspecified atom stereocenters. The summed E-state index contributed by atoms with van der Waals surface area (Å²) in [5.41, 5.74) is 0. The number of hydrogen-bond donors (Lipinski definition) is 0. The summed E-state index contributed by atoms with van der Waals surface area (Å²) in [6, 6.07) is 0. The third kappa shape index (κ3) is 10.0. The number of carbonyl (C=O) groups excluding carboxylic acids is 1. The van der Waals surface area contributed by atoms with Crippen LogP contribution in [-0.4, -0.2) is 13.1 Å². The van der Waals surface area contributed by atoms with Crippen molar-refractivity contribution >= 4 is 5.97 Å². The summed E-state index contributed by atoms with van der Waals surface area (Å²) < 4.78 is 4.66. The average Bonchev–Trinajstić information content (AvgIpc) is 2.55. The molecule has 0 saturated heterocycles. The summed E-state index contributed by atoms with van der Waals surface area (Å²) in [5.74, 6) is 2.04. The topological polar surface area (TPSA) is 26.3 Å². The Balaban J connectivity index is 1.86. The smallest absolute Gasteiger partial charge is 0.305 e. The number of rotatable bonds is 15. The molecule has 2 heteroatoms. The van der Waals surface area contributed by atoms with Crippen LogP contribution in [0.2, 0.25) is 0 Å². The van der Waals surface area contributed by atoms with E-state index in [2.05, 4.69) is 11.7 Å². The maximum atomic E-state index is 11.0. The highest BCUT2D eigenvalue weighted by atomic mass is 16.5. The maximum absolute atomic E-state index is 11.0. The fourth-order valence-electron chi connectivity index (χ4n) is 3.89. The van der Waals surface area contributed by atoms with Gasteiger partial charge in [-0.25, -0.2) is 0 Å². The van der Waals surface area contributed by atoms with Crippen LogP contribution in [0.5, 0.6) is 0 Å². The zero-order valence-electron chi connectivity index (χ0n) is 15.8. The zero-order valence-corrected chi connectivity index (χ0v) is 15.8. The van der Waals surface area contributed by atoms with Gasteiger partial charge in [-0.15, -0.1) is 0 Å². The Labute approximate surface area is 144 Å². The van der Waals surface area contributed by atoms with Crippen molar-refractivity contribution in [2.75, 3.05) is 7.11 Å². The first-order chi connectivity index (χ1) is 11.3. The van der Waals surface area contributed by atoms with Gasteiger partial charge in [0.1, 0.15) is 0 Å². The third-order valence-corrected chi connectivity index (χ3v) is 5.69.